The summed E-state index contributed by atoms with van der Waals surface area (Å²) in [6.45, 7) is 0. The average Bonchev–Trinajstić information content (AvgIpc) is 3.12. The molecule has 4 heteroatoms. The maximum absolute atomic E-state index is 6.38. The van der Waals surface area contributed by atoms with Crippen LogP contribution in [0, 0.1) is 0 Å². The van der Waals surface area contributed by atoms with Crippen molar-refractivity contribution < 1.29 is 0 Å². The number of nitrogens with zero attached hydrogens (tertiary/aromatic N) is 2. The van der Waals surface area contributed by atoms with Gasteiger partial charge in [0.2, 0.25) is 0 Å². The van der Waals surface area contributed by atoms with E-state index in [0.29, 0.717) is 5.92 Å². The van der Waals surface area contributed by atoms with Crippen LogP contribution in [0.3, 0.4) is 0 Å². The molecule has 0 N–H and O–H groups in total. The maximum Gasteiger partial charge on any atom is 0.145 e. The van der Waals surface area contributed by atoms with Gasteiger partial charge in [0, 0.05) is 12.3 Å². The van der Waals surface area contributed by atoms with Crippen LogP contribution in [0.25, 0.3) is 0 Å². The molecule has 0 aliphatic heterocycles. The fourth-order valence-corrected chi connectivity index (χ4v) is 2.94. The third kappa shape index (κ3) is 2.67. The minimum absolute atomic E-state index is 0.00352. The van der Waals surface area contributed by atoms with Gasteiger partial charge in [-0.15, -0.1) is 11.6 Å². The molecule has 0 amide bonds. The summed E-state index contributed by atoms with van der Waals surface area (Å²) in [5, 5.41) is 1.05. The van der Waals surface area contributed by atoms with Crippen molar-refractivity contribution in [3.63, 3.8) is 0 Å². The highest BCUT2D eigenvalue weighted by molar-refractivity contribution is 7.05. The Balaban J connectivity index is 1.69. The Morgan fingerprint density at radius 2 is 2.06 bits per heavy atom. The van der Waals surface area contributed by atoms with Gasteiger partial charge in [-0.1, -0.05) is 30.3 Å². The second-order valence-electron chi connectivity index (χ2n) is 4.40. The number of hydrogen-bond acceptors (Lipinski definition) is 3. The van der Waals surface area contributed by atoms with Crippen molar-refractivity contribution in [3.8, 4) is 0 Å². The fraction of sp³-hybridized carbons (Fsp3) is 0.385. The van der Waals surface area contributed by atoms with E-state index < -0.39 is 0 Å². The van der Waals surface area contributed by atoms with Gasteiger partial charge in [-0.25, -0.2) is 4.98 Å². The van der Waals surface area contributed by atoms with E-state index in [2.05, 4.69) is 21.5 Å². The first kappa shape index (κ1) is 11.2. The molecular weight excluding hydrogens is 252 g/mol. The number of hydrogen-bond donors (Lipinski definition) is 0. The Hall–Kier alpha value is -0.930. The smallest absolute Gasteiger partial charge is 0.145 e. The number of alkyl halides is 1. The summed E-state index contributed by atoms with van der Waals surface area (Å²) in [5.41, 5.74) is 1.15. The SMILES string of the molecule is ClC(Cc1nc(C2CC2)ns1)c1ccccc1. The number of halogens is 1. The number of benzene rings is 1. The molecule has 17 heavy (non-hydrogen) atoms. The van der Waals surface area contributed by atoms with E-state index in [1.807, 2.05) is 18.2 Å². The normalized spacial score (nSPS) is 17.0. The van der Waals surface area contributed by atoms with Gasteiger partial charge in [0.15, 0.2) is 0 Å². The predicted molar refractivity (Wildman–Crippen MR) is 70.6 cm³/mol. The van der Waals surface area contributed by atoms with Crippen molar-refractivity contribution in [2.75, 3.05) is 0 Å². The van der Waals surface area contributed by atoms with Gasteiger partial charge in [0.05, 0.1) is 5.38 Å². The van der Waals surface area contributed by atoms with Gasteiger partial charge in [-0.2, -0.15) is 4.37 Å². The quantitative estimate of drug-likeness (QED) is 0.782. The second-order valence-corrected chi connectivity index (χ2v) is 5.77. The summed E-state index contributed by atoms with van der Waals surface area (Å²) in [7, 11) is 0. The zero-order chi connectivity index (χ0) is 11.7. The Bertz CT molecular complexity index is 493. The molecule has 0 radical (unpaired) electrons. The summed E-state index contributed by atoms with van der Waals surface area (Å²) in [4.78, 5) is 4.56. The molecule has 1 saturated carbocycles. The average molecular weight is 265 g/mol. The van der Waals surface area contributed by atoms with E-state index in [-0.39, 0.29) is 5.38 Å². The minimum Gasteiger partial charge on any atom is -0.224 e. The molecule has 1 atom stereocenters. The van der Waals surface area contributed by atoms with Crippen molar-refractivity contribution in [2.45, 2.75) is 30.6 Å². The number of aromatic nitrogens is 2. The van der Waals surface area contributed by atoms with Gasteiger partial charge in [-0.05, 0) is 29.9 Å². The Kier molecular flexibility index (Phi) is 3.12. The lowest BCUT2D eigenvalue weighted by molar-refractivity contribution is 0.881. The van der Waals surface area contributed by atoms with Crippen LogP contribution in [0.4, 0.5) is 0 Å². The van der Waals surface area contributed by atoms with E-state index >= 15 is 0 Å². The first-order chi connectivity index (χ1) is 8.33. The van der Waals surface area contributed by atoms with Crippen LogP contribution in [0.2, 0.25) is 0 Å². The highest BCUT2D eigenvalue weighted by Crippen LogP contribution is 2.39. The summed E-state index contributed by atoms with van der Waals surface area (Å²) < 4.78 is 4.40. The molecule has 2 aromatic rings. The molecule has 1 aliphatic rings. The fourth-order valence-electron chi connectivity index (χ4n) is 1.79. The largest absolute Gasteiger partial charge is 0.224 e. The van der Waals surface area contributed by atoms with Crippen LogP contribution in [0.5, 0.6) is 0 Å². The summed E-state index contributed by atoms with van der Waals surface area (Å²) in [6, 6.07) is 10.1. The minimum atomic E-state index is -0.00352. The van der Waals surface area contributed by atoms with Gasteiger partial charge in [-0.3, -0.25) is 0 Å². The zero-order valence-electron chi connectivity index (χ0n) is 9.34. The Morgan fingerprint density at radius 3 is 2.76 bits per heavy atom. The van der Waals surface area contributed by atoms with Crippen LogP contribution in [0.1, 0.15) is 40.5 Å². The molecule has 1 aliphatic carbocycles. The molecule has 0 saturated heterocycles. The lowest BCUT2D eigenvalue weighted by Gasteiger charge is -2.06. The summed E-state index contributed by atoms with van der Waals surface area (Å²) in [6.07, 6.45) is 3.27. The van der Waals surface area contributed by atoms with Gasteiger partial charge >= 0.3 is 0 Å². The van der Waals surface area contributed by atoms with Gasteiger partial charge in [0.1, 0.15) is 10.8 Å². The molecule has 1 aromatic heterocycles. The Labute approximate surface area is 110 Å². The monoisotopic (exact) mass is 264 g/mol. The molecule has 1 aromatic carbocycles. The molecule has 2 nitrogen and oxygen atoms in total. The summed E-state index contributed by atoms with van der Waals surface area (Å²) in [5.74, 6) is 1.66. The molecule has 3 rings (SSSR count). The molecule has 1 fully saturated rings. The van der Waals surface area contributed by atoms with E-state index in [9.17, 15) is 0 Å². The third-order valence-corrected chi connectivity index (χ3v) is 4.09. The predicted octanol–water partition coefficient (Wildman–Crippen LogP) is 3.94. The van der Waals surface area contributed by atoms with Crippen LogP contribution < -0.4 is 0 Å². The van der Waals surface area contributed by atoms with E-state index in [1.54, 1.807) is 0 Å². The van der Waals surface area contributed by atoms with Crippen molar-refractivity contribution in [2.24, 2.45) is 0 Å². The molecule has 0 spiro atoms. The highest BCUT2D eigenvalue weighted by atomic mass is 35.5. The third-order valence-electron chi connectivity index (χ3n) is 2.94. The number of rotatable bonds is 4. The topological polar surface area (TPSA) is 25.8 Å². The van der Waals surface area contributed by atoms with Crippen molar-refractivity contribution in [3.05, 3.63) is 46.7 Å². The van der Waals surface area contributed by atoms with Crippen LogP contribution in [0.15, 0.2) is 30.3 Å². The van der Waals surface area contributed by atoms with E-state index in [1.165, 1.54) is 24.4 Å². The van der Waals surface area contributed by atoms with Crippen LogP contribution in [-0.2, 0) is 6.42 Å². The summed E-state index contributed by atoms with van der Waals surface area (Å²) >= 11 is 7.88. The second kappa shape index (κ2) is 4.75. The van der Waals surface area contributed by atoms with Crippen molar-refractivity contribution >= 4 is 23.1 Å². The van der Waals surface area contributed by atoms with Crippen LogP contribution in [-0.4, -0.2) is 9.36 Å². The molecule has 0 bridgehead atoms. The van der Waals surface area contributed by atoms with Crippen molar-refractivity contribution in [1.82, 2.24) is 9.36 Å². The van der Waals surface area contributed by atoms with Gasteiger partial charge < -0.3 is 0 Å². The van der Waals surface area contributed by atoms with Crippen LogP contribution >= 0.6 is 23.1 Å². The first-order valence-corrected chi connectivity index (χ1v) is 7.05. The molecule has 1 unspecified atom stereocenters. The molecule has 1 heterocycles. The van der Waals surface area contributed by atoms with E-state index in [4.69, 9.17) is 11.6 Å². The van der Waals surface area contributed by atoms with Crippen molar-refractivity contribution in [1.29, 1.82) is 0 Å². The van der Waals surface area contributed by atoms with E-state index in [0.717, 1.165) is 22.8 Å². The maximum atomic E-state index is 6.38. The van der Waals surface area contributed by atoms with Gasteiger partial charge in [0.25, 0.3) is 0 Å². The zero-order valence-corrected chi connectivity index (χ0v) is 10.9. The lowest BCUT2D eigenvalue weighted by atomic mass is 10.1. The molecular formula is C13H13ClN2S. The molecule has 88 valence electrons. The first-order valence-electron chi connectivity index (χ1n) is 5.84. The highest BCUT2D eigenvalue weighted by Gasteiger charge is 2.28. The lowest BCUT2D eigenvalue weighted by Crippen LogP contribution is -1.95. The standard InChI is InChI=1S/C13H13ClN2S/c14-11(9-4-2-1-3-5-9)8-12-15-13(16-17-12)10-6-7-10/h1-5,10-11H,6-8H2. The Morgan fingerprint density at radius 1 is 1.29 bits per heavy atom.